The van der Waals surface area contributed by atoms with Crippen molar-refractivity contribution < 1.29 is 9.53 Å². The second-order valence-corrected chi connectivity index (χ2v) is 5.52. The van der Waals surface area contributed by atoms with Crippen molar-refractivity contribution >= 4 is 5.78 Å². The first kappa shape index (κ1) is 12.2. The van der Waals surface area contributed by atoms with Crippen LogP contribution in [0.5, 0.6) is 5.75 Å². The van der Waals surface area contributed by atoms with Gasteiger partial charge in [-0.2, -0.15) is 5.26 Å². The summed E-state index contributed by atoms with van der Waals surface area (Å²) in [6.45, 7) is 0. The van der Waals surface area contributed by atoms with E-state index in [9.17, 15) is 10.1 Å². The van der Waals surface area contributed by atoms with E-state index in [0.717, 1.165) is 11.3 Å². The van der Waals surface area contributed by atoms with Crippen LogP contribution in [0.2, 0.25) is 0 Å². The summed E-state index contributed by atoms with van der Waals surface area (Å²) >= 11 is 0. The summed E-state index contributed by atoms with van der Waals surface area (Å²) in [5.41, 5.74) is 0.790. The highest BCUT2D eigenvalue weighted by atomic mass is 16.5. The number of Topliss-reactive ketones (excluding diaryl/α,β-unsaturated/α-hetero) is 1. The molecule has 19 heavy (non-hydrogen) atoms. The second kappa shape index (κ2) is 4.70. The molecule has 2 fully saturated rings. The monoisotopic (exact) mass is 255 g/mol. The third kappa shape index (κ3) is 2.02. The topological polar surface area (TPSA) is 50.1 Å². The number of carbonyl (C=O) groups is 1. The molecule has 0 N–H and O–H groups in total. The Morgan fingerprint density at radius 1 is 1.32 bits per heavy atom. The molecular weight excluding hydrogens is 238 g/mol. The van der Waals surface area contributed by atoms with Crippen LogP contribution in [-0.2, 0) is 4.79 Å². The van der Waals surface area contributed by atoms with Crippen LogP contribution < -0.4 is 4.74 Å². The molecule has 2 saturated carbocycles. The molecule has 0 bridgehead atoms. The number of methoxy groups -OCH3 is 1. The smallest absolute Gasteiger partial charge is 0.158 e. The quantitative estimate of drug-likeness (QED) is 0.831. The number of carbonyl (C=O) groups excluding carboxylic acids is 1. The van der Waals surface area contributed by atoms with Crippen molar-refractivity contribution in [3.8, 4) is 11.8 Å². The lowest BCUT2D eigenvalue weighted by atomic mass is 9.91. The molecule has 3 rings (SSSR count). The minimum atomic E-state index is -0.610. The highest BCUT2D eigenvalue weighted by Crippen LogP contribution is 2.59. The number of nitriles is 1. The normalized spacial score (nSPS) is 29.2. The van der Waals surface area contributed by atoms with E-state index in [1.807, 2.05) is 12.1 Å². The number of benzene rings is 1. The van der Waals surface area contributed by atoms with Crippen LogP contribution in [0, 0.1) is 29.1 Å². The fourth-order valence-corrected chi connectivity index (χ4v) is 3.53. The molecule has 1 aromatic carbocycles. The Kier molecular flexibility index (Phi) is 3.02. The number of hydrogen-bond donors (Lipinski definition) is 0. The fraction of sp³-hybridized carbons (Fsp3) is 0.500. The largest absolute Gasteiger partial charge is 0.497 e. The van der Waals surface area contributed by atoms with Crippen LogP contribution in [0.25, 0.3) is 0 Å². The maximum Gasteiger partial charge on any atom is 0.158 e. The lowest BCUT2D eigenvalue weighted by molar-refractivity contribution is -0.121. The summed E-state index contributed by atoms with van der Waals surface area (Å²) in [6, 6.07) is 9.43. The summed E-state index contributed by atoms with van der Waals surface area (Å²) in [7, 11) is 1.60. The van der Waals surface area contributed by atoms with Gasteiger partial charge in [-0.1, -0.05) is 18.6 Å². The van der Waals surface area contributed by atoms with Crippen LogP contribution in [-0.4, -0.2) is 12.9 Å². The molecule has 1 aromatic rings. The molecule has 0 aliphatic heterocycles. The van der Waals surface area contributed by atoms with Crippen LogP contribution in [0.1, 0.15) is 30.7 Å². The van der Waals surface area contributed by atoms with Crippen molar-refractivity contribution in [3.05, 3.63) is 29.8 Å². The van der Waals surface area contributed by atoms with Gasteiger partial charge in [-0.25, -0.2) is 0 Å². The zero-order chi connectivity index (χ0) is 13.4. The summed E-state index contributed by atoms with van der Waals surface area (Å²) in [6.07, 6.45) is 3.59. The van der Waals surface area contributed by atoms with Gasteiger partial charge in [0.05, 0.1) is 13.2 Å². The van der Waals surface area contributed by atoms with E-state index in [4.69, 9.17) is 4.74 Å². The Labute approximate surface area is 113 Å². The van der Waals surface area contributed by atoms with Crippen molar-refractivity contribution in [3.63, 3.8) is 0 Å². The highest BCUT2D eigenvalue weighted by molar-refractivity contribution is 5.93. The van der Waals surface area contributed by atoms with Gasteiger partial charge in [-0.15, -0.1) is 0 Å². The molecule has 3 unspecified atom stereocenters. The SMILES string of the molecule is COc1ccc(C(C#N)C(=O)C2C3CCCC32)cc1. The van der Waals surface area contributed by atoms with Gasteiger partial charge < -0.3 is 4.74 Å². The van der Waals surface area contributed by atoms with E-state index in [-0.39, 0.29) is 11.7 Å². The van der Waals surface area contributed by atoms with Gasteiger partial charge in [0.1, 0.15) is 11.7 Å². The van der Waals surface area contributed by atoms with Gasteiger partial charge in [0.25, 0.3) is 0 Å². The Balaban J connectivity index is 1.77. The maximum atomic E-state index is 12.5. The van der Waals surface area contributed by atoms with E-state index in [2.05, 4.69) is 6.07 Å². The first-order valence-corrected chi connectivity index (χ1v) is 6.83. The highest BCUT2D eigenvalue weighted by Gasteiger charge is 2.57. The van der Waals surface area contributed by atoms with Gasteiger partial charge in [0.15, 0.2) is 5.78 Å². The maximum absolute atomic E-state index is 12.5. The molecule has 0 spiro atoms. The molecule has 0 aromatic heterocycles. The van der Waals surface area contributed by atoms with Gasteiger partial charge in [-0.05, 0) is 42.4 Å². The second-order valence-electron chi connectivity index (χ2n) is 5.52. The van der Waals surface area contributed by atoms with Crippen LogP contribution >= 0.6 is 0 Å². The summed E-state index contributed by atoms with van der Waals surface area (Å²) in [5.74, 6) is 1.56. The molecule has 0 saturated heterocycles. The molecule has 0 heterocycles. The standard InChI is InChI=1S/C16H17NO2/c1-19-11-7-5-10(6-8-11)14(9-17)16(18)15-12-3-2-4-13(12)15/h5-8,12-15H,2-4H2,1H3. The van der Waals surface area contributed by atoms with Crippen molar-refractivity contribution in [1.29, 1.82) is 5.26 Å². The molecular formula is C16H17NO2. The first-order chi connectivity index (χ1) is 9.26. The molecule has 0 amide bonds. The number of rotatable bonds is 4. The number of ether oxygens (including phenoxy) is 1. The zero-order valence-corrected chi connectivity index (χ0v) is 11.0. The van der Waals surface area contributed by atoms with E-state index in [0.29, 0.717) is 11.8 Å². The summed E-state index contributed by atoms with van der Waals surface area (Å²) in [5, 5.41) is 9.31. The van der Waals surface area contributed by atoms with E-state index >= 15 is 0 Å². The van der Waals surface area contributed by atoms with E-state index < -0.39 is 5.92 Å². The van der Waals surface area contributed by atoms with Gasteiger partial charge >= 0.3 is 0 Å². The predicted molar refractivity (Wildman–Crippen MR) is 70.7 cm³/mol. The molecule has 3 heteroatoms. The summed E-state index contributed by atoms with van der Waals surface area (Å²) in [4.78, 5) is 12.5. The van der Waals surface area contributed by atoms with Gasteiger partial charge in [0.2, 0.25) is 0 Å². The van der Waals surface area contributed by atoms with Gasteiger partial charge in [0, 0.05) is 5.92 Å². The Morgan fingerprint density at radius 3 is 2.47 bits per heavy atom. The Morgan fingerprint density at radius 2 is 1.95 bits per heavy atom. The molecule has 3 nitrogen and oxygen atoms in total. The fourth-order valence-electron chi connectivity index (χ4n) is 3.53. The van der Waals surface area contributed by atoms with Crippen molar-refractivity contribution in [2.45, 2.75) is 25.2 Å². The zero-order valence-electron chi connectivity index (χ0n) is 11.0. The Bertz CT molecular complexity index is 519. The lowest BCUT2D eigenvalue weighted by Crippen LogP contribution is -2.15. The summed E-state index contributed by atoms with van der Waals surface area (Å²) < 4.78 is 5.10. The Hall–Kier alpha value is -1.82. The average Bonchev–Trinajstić information content (AvgIpc) is 2.93. The molecule has 2 aliphatic rings. The number of fused-ring (bicyclic) bond motifs is 1. The minimum Gasteiger partial charge on any atom is -0.497 e. The third-order valence-corrected chi connectivity index (χ3v) is 4.60. The van der Waals surface area contributed by atoms with E-state index in [1.165, 1.54) is 19.3 Å². The van der Waals surface area contributed by atoms with Crippen LogP contribution in [0.15, 0.2) is 24.3 Å². The van der Waals surface area contributed by atoms with E-state index in [1.54, 1.807) is 19.2 Å². The minimum absolute atomic E-state index is 0.127. The number of ketones is 1. The van der Waals surface area contributed by atoms with Gasteiger partial charge in [-0.3, -0.25) is 4.79 Å². The van der Waals surface area contributed by atoms with Crippen molar-refractivity contribution in [1.82, 2.24) is 0 Å². The molecule has 98 valence electrons. The van der Waals surface area contributed by atoms with Crippen LogP contribution in [0.3, 0.4) is 0 Å². The molecule has 0 radical (unpaired) electrons. The first-order valence-electron chi connectivity index (χ1n) is 6.83. The van der Waals surface area contributed by atoms with Crippen LogP contribution in [0.4, 0.5) is 0 Å². The molecule has 3 atom stereocenters. The third-order valence-electron chi connectivity index (χ3n) is 4.60. The average molecular weight is 255 g/mol. The lowest BCUT2D eigenvalue weighted by Gasteiger charge is -2.10. The number of hydrogen-bond acceptors (Lipinski definition) is 3. The van der Waals surface area contributed by atoms with Crippen molar-refractivity contribution in [2.75, 3.05) is 7.11 Å². The molecule has 2 aliphatic carbocycles. The van der Waals surface area contributed by atoms with Crippen molar-refractivity contribution in [2.24, 2.45) is 17.8 Å². The predicted octanol–water partition coefficient (Wildman–Crippen LogP) is 2.92. The number of nitrogens with zero attached hydrogens (tertiary/aromatic N) is 1.